The Balaban J connectivity index is 2.53. The highest BCUT2D eigenvalue weighted by molar-refractivity contribution is 5.81. The van der Waals surface area contributed by atoms with Gasteiger partial charge in [0.2, 0.25) is 12.3 Å². The molecule has 12 heavy (non-hydrogen) atoms. The quantitative estimate of drug-likeness (QED) is 0.534. The van der Waals surface area contributed by atoms with E-state index in [4.69, 9.17) is 0 Å². The molecule has 0 aromatic carbocycles. The van der Waals surface area contributed by atoms with Crippen molar-refractivity contribution in [3.05, 3.63) is 0 Å². The molecule has 0 unspecified atom stereocenters. The Bertz CT molecular complexity index is 191. The summed E-state index contributed by atoms with van der Waals surface area (Å²) in [6.45, 7) is 5.52. The minimum absolute atomic E-state index is 0.0448. The van der Waals surface area contributed by atoms with Gasteiger partial charge in [0.15, 0.2) is 0 Å². The Kier molecular flexibility index (Phi) is 2.68. The standard InChI is InChI=1S/C8H14N2O2/c1-7(2)10-4-3-9(6-11)5-8(10)12/h6-7H,3-5H2,1-2H3. The first-order valence-corrected chi connectivity index (χ1v) is 4.14. The second-order valence-corrected chi connectivity index (χ2v) is 3.26. The van der Waals surface area contributed by atoms with Crippen LogP contribution < -0.4 is 0 Å². The van der Waals surface area contributed by atoms with E-state index in [1.807, 2.05) is 13.8 Å². The van der Waals surface area contributed by atoms with Crippen molar-refractivity contribution in [1.82, 2.24) is 9.80 Å². The molecule has 0 aromatic heterocycles. The van der Waals surface area contributed by atoms with Crippen LogP contribution in [0.5, 0.6) is 0 Å². The molecule has 0 bridgehead atoms. The predicted octanol–water partition coefficient (Wildman–Crippen LogP) is -0.305. The van der Waals surface area contributed by atoms with Crippen molar-refractivity contribution in [2.24, 2.45) is 0 Å². The summed E-state index contributed by atoms with van der Waals surface area (Å²) in [6.07, 6.45) is 0.732. The van der Waals surface area contributed by atoms with Gasteiger partial charge >= 0.3 is 0 Å². The van der Waals surface area contributed by atoms with Crippen molar-refractivity contribution in [1.29, 1.82) is 0 Å². The van der Waals surface area contributed by atoms with E-state index in [9.17, 15) is 9.59 Å². The SMILES string of the molecule is CC(C)N1CCN(C=O)CC1=O. The predicted molar refractivity (Wildman–Crippen MR) is 44.5 cm³/mol. The Morgan fingerprint density at radius 2 is 2.08 bits per heavy atom. The average Bonchev–Trinajstić information content (AvgIpc) is 2.03. The van der Waals surface area contributed by atoms with E-state index in [1.165, 1.54) is 4.90 Å². The molecule has 1 aliphatic heterocycles. The molecule has 0 saturated carbocycles. The lowest BCUT2D eigenvalue weighted by Gasteiger charge is -2.34. The van der Waals surface area contributed by atoms with Gasteiger partial charge in [-0.15, -0.1) is 0 Å². The normalized spacial score (nSPS) is 18.8. The molecule has 1 heterocycles. The Morgan fingerprint density at radius 3 is 2.50 bits per heavy atom. The third kappa shape index (κ3) is 1.75. The fraction of sp³-hybridized carbons (Fsp3) is 0.750. The Morgan fingerprint density at radius 1 is 1.42 bits per heavy atom. The first-order chi connectivity index (χ1) is 5.65. The van der Waals surface area contributed by atoms with Crippen molar-refractivity contribution in [2.45, 2.75) is 19.9 Å². The van der Waals surface area contributed by atoms with Crippen LogP contribution in [0.15, 0.2) is 0 Å². The summed E-state index contributed by atoms with van der Waals surface area (Å²) in [4.78, 5) is 25.0. The first-order valence-electron chi connectivity index (χ1n) is 4.14. The van der Waals surface area contributed by atoms with Crippen molar-refractivity contribution in [3.8, 4) is 0 Å². The van der Waals surface area contributed by atoms with Crippen molar-refractivity contribution in [3.63, 3.8) is 0 Å². The molecule has 0 aromatic rings. The van der Waals surface area contributed by atoms with Gasteiger partial charge in [-0.25, -0.2) is 0 Å². The van der Waals surface area contributed by atoms with E-state index < -0.39 is 0 Å². The molecule has 4 nitrogen and oxygen atoms in total. The summed E-state index contributed by atoms with van der Waals surface area (Å²) in [5, 5.41) is 0. The second kappa shape index (κ2) is 3.56. The third-order valence-electron chi connectivity index (χ3n) is 2.06. The molecule has 1 rings (SSSR count). The number of carbonyl (C=O) groups is 2. The van der Waals surface area contributed by atoms with Crippen molar-refractivity contribution >= 4 is 12.3 Å². The maximum Gasteiger partial charge on any atom is 0.242 e. The maximum absolute atomic E-state index is 11.3. The molecule has 68 valence electrons. The van der Waals surface area contributed by atoms with Gasteiger partial charge in [-0.1, -0.05) is 0 Å². The lowest BCUT2D eigenvalue weighted by molar-refractivity contribution is -0.141. The van der Waals surface area contributed by atoms with Crippen molar-refractivity contribution in [2.75, 3.05) is 19.6 Å². The average molecular weight is 170 g/mol. The summed E-state index contributed by atoms with van der Waals surface area (Å²) in [5.41, 5.74) is 0. The molecular weight excluding hydrogens is 156 g/mol. The zero-order chi connectivity index (χ0) is 9.14. The van der Waals surface area contributed by atoms with Gasteiger partial charge in [-0.05, 0) is 13.8 Å². The monoisotopic (exact) mass is 170 g/mol. The number of amides is 2. The summed E-state index contributed by atoms with van der Waals surface area (Å²) in [6, 6.07) is 0.242. The highest BCUT2D eigenvalue weighted by Crippen LogP contribution is 2.05. The van der Waals surface area contributed by atoms with Crippen molar-refractivity contribution < 1.29 is 9.59 Å². The van der Waals surface area contributed by atoms with Crippen LogP contribution in [0.3, 0.4) is 0 Å². The fourth-order valence-electron chi connectivity index (χ4n) is 1.34. The molecule has 1 saturated heterocycles. The molecular formula is C8H14N2O2. The molecule has 0 N–H and O–H groups in total. The van der Waals surface area contributed by atoms with Gasteiger partial charge in [0.05, 0.1) is 6.54 Å². The van der Waals surface area contributed by atoms with Crippen LogP contribution in [-0.4, -0.2) is 47.8 Å². The number of carbonyl (C=O) groups excluding carboxylic acids is 2. The summed E-state index contributed by atoms with van der Waals surface area (Å²) < 4.78 is 0. The topological polar surface area (TPSA) is 40.6 Å². The lowest BCUT2D eigenvalue weighted by Crippen LogP contribution is -2.52. The highest BCUT2D eigenvalue weighted by Gasteiger charge is 2.24. The summed E-state index contributed by atoms with van der Waals surface area (Å²) in [5.74, 6) is 0.0448. The molecule has 0 radical (unpaired) electrons. The van der Waals surface area contributed by atoms with Gasteiger partial charge in [0.1, 0.15) is 0 Å². The second-order valence-electron chi connectivity index (χ2n) is 3.26. The molecule has 0 atom stereocenters. The first kappa shape index (κ1) is 9.03. The van der Waals surface area contributed by atoms with Crippen LogP contribution in [-0.2, 0) is 9.59 Å². The minimum atomic E-state index is 0.0448. The lowest BCUT2D eigenvalue weighted by atomic mass is 10.2. The number of hydrogen-bond acceptors (Lipinski definition) is 2. The molecule has 0 spiro atoms. The summed E-state index contributed by atoms with van der Waals surface area (Å²) >= 11 is 0. The number of piperazine rings is 1. The van der Waals surface area contributed by atoms with E-state index in [2.05, 4.69) is 0 Å². The minimum Gasteiger partial charge on any atom is -0.337 e. The van der Waals surface area contributed by atoms with Crippen LogP contribution in [0.1, 0.15) is 13.8 Å². The largest absolute Gasteiger partial charge is 0.337 e. The van der Waals surface area contributed by atoms with E-state index in [0.29, 0.717) is 13.1 Å². The van der Waals surface area contributed by atoms with Crippen LogP contribution in [0.2, 0.25) is 0 Å². The number of rotatable bonds is 2. The Labute approximate surface area is 72.1 Å². The molecule has 1 fully saturated rings. The van der Waals surface area contributed by atoms with E-state index in [1.54, 1.807) is 4.90 Å². The van der Waals surface area contributed by atoms with E-state index >= 15 is 0 Å². The van der Waals surface area contributed by atoms with Gasteiger partial charge in [-0.3, -0.25) is 9.59 Å². The smallest absolute Gasteiger partial charge is 0.242 e. The van der Waals surface area contributed by atoms with Gasteiger partial charge < -0.3 is 9.80 Å². The molecule has 0 aliphatic carbocycles. The zero-order valence-electron chi connectivity index (χ0n) is 7.49. The van der Waals surface area contributed by atoms with Gasteiger partial charge in [0, 0.05) is 19.1 Å². The number of hydrogen-bond donors (Lipinski definition) is 0. The van der Waals surface area contributed by atoms with Crippen LogP contribution >= 0.6 is 0 Å². The molecule has 2 amide bonds. The van der Waals surface area contributed by atoms with Crippen LogP contribution in [0.25, 0.3) is 0 Å². The third-order valence-corrected chi connectivity index (χ3v) is 2.06. The van der Waals surface area contributed by atoms with Crippen LogP contribution in [0, 0.1) is 0 Å². The fourth-order valence-corrected chi connectivity index (χ4v) is 1.34. The van der Waals surface area contributed by atoms with E-state index in [0.717, 1.165) is 6.41 Å². The summed E-state index contributed by atoms with van der Waals surface area (Å²) in [7, 11) is 0. The maximum atomic E-state index is 11.3. The zero-order valence-corrected chi connectivity index (χ0v) is 7.49. The van der Waals surface area contributed by atoms with E-state index in [-0.39, 0.29) is 18.5 Å². The molecule has 4 heteroatoms. The Hall–Kier alpha value is -1.06. The van der Waals surface area contributed by atoms with Crippen LogP contribution in [0.4, 0.5) is 0 Å². The highest BCUT2D eigenvalue weighted by atomic mass is 16.2. The van der Waals surface area contributed by atoms with Gasteiger partial charge in [-0.2, -0.15) is 0 Å². The number of nitrogens with zero attached hydrogens (tertiary/aromatic N) is 2. The molecule has 1 aliphatic rings. The van der Waals surface area contributed by atoms with Gasteiger partial charge in [0.25, 0.3) is 0 Å².